The zero-order valence-electron chi connectivity index (χ0n) is 14.6. The summed E-state index contributed by atoms with van der Waals surface area (Å²) in [4.78, 5) is 24.3. The van der Waals surface area contributed by atoms with Crippen molar-refractivity contribution in [3.63, 3.8) is 0 Å². The average Bonchev–Trinajstić information content (AvgIpc) is 2.63. The molecular weight excluding hydrogens is 384 g/mol. The molecule has 0 radical (unpaired) electrons. The van der Waals surface area contributed by atoms with Crippen molar-refractivity contribution in [3.8, 4) is 11.5 Å². The van der Waals surface area contributed by atoms with Crippen LogP contribution in [0.2, 0.25) is 5.02 Å². The fraction of sp³-hybridized carbons (Fsp3) is 0.222. The quantitative estimate of drug-likeness (QED) is 0.590. The summed E-state index contributed by atoms with van der Waals surface area (Å²) in [5.41, 5.74) is -0.0387. The minimum Gasteiger partial charge on any atom is -0.497 e. The molecule has 6 nitrogen and oxygen atoms in total. The van der Waals surface area contributed by atoms with Crippen LogP contribution in [-0.2, 0) is 9.53 Å². The van der Waals surface area contributed by atoms with Crippen LogP contribution in [0.25, 0.3) is 0 Å². The Labute approximate surface area is 159 Å². The summed E-state index contributed by atoms with van der Waals surface area (Å²) in [6.07, 6.45) is -1.24. The van der Waals surface area contributed by atoms with Crippen molar-refractivity contribution >= 4 is 29.2 Å². The van der Waals surface area contributed by atoms with Gasteiger partial charge >= 0.3 is 5.97 Å². The van der Waals surface area contributed by atoms with Crippen LogP contribution in [0.15, 0.2) is 30.3 Å². The fourth-order valence-electron chi connectivity index (χ4n) is 2.08. The Balaban J connectivity index is 2.10. The Morgan fingerprint density at radius 2 is 1.56 bits per heavy atom. The molecular formula is C18H16ClF2NO5. The zero-order chi connectivity index (χ0) is 20.1. The summed E-state index contributed by atoms with van der Waals surface area (Å²) in [7, 11) is 2.91. The van der Waals surface area contributed by atoms with E-state index < -0.39 is 35.2 Å². The monoisotopic (exact) mass is 399 g/mol. The van der Waals surface area contributed by atoms with Gasteiger partial charge in [0.15, 0.2) is 17.7 Å². The lowest BCUT2D eigenvalue weighted by Gasteiger charge is -2.15. The molecule has 27 heavy (non-hydrogen) atoms. The van der Waals surface area contributed by atoms with Gasteiger partial charge < -0.3 is 19.5 Å². The lowest BCUT2D eigenvalue weighted by atomic mass is 10.2. The van der Waals surface area contributed by atoms with Crippen LogP contribution in [0.1, 0.15) is 17.3 Å². The number of anilines is 1. The molecule has 1 amide bonds. The highest BCUT2D eigenvalue weighted by Gasteiger charge is 2.22. The number of halogens is 3. The van der Waals surface area contributed by atoms with Crippen molar-refractivity contribution in [2.24, 2.45) is 0 Å². The van der Waals surface area contributed by atoms with E-state index in [1.165, 1.54) is 21.1 Å². The normalized spacial score (nSPS) is 11.5. The minimum atomic E-state index is -1.26. The van der Waals surface area contributed by atoms with Gasteiger partial charge in [0.1, 0.15) is 11.5 Å². The fourth-order valence-corrected chi connectivity index (χ4v) is 2.31. The van der Waals surface area contributed by atoms with Gasteiger partial charge in [-0.05, 0) is 19.1 Å². The Bertz CT molecular complexity index is 853. The molecule has 0 saturated carbocycles. The van der Waals surface area contributed by atoms with E-state index >= 15 is 0 Å². The standard InChI is InChI=1S/C18H16ClF2NO5/c1-9(27-18(24)13-7-15(20)16(21)8-14(13)19)17(23)22-10-4-11(25-2)6-12(5-10)26-3/h4-9H,1-3H3,(H,22,23). The highest BCUT2D eigenvalue weighted by atomic mass is 35.5. The molecule has 0 heterocycles. The molecule has 1 atom stereocenters. The molecule has 2 rings (SSSR count). The molecule has 0 aromatic heterocycles. The van der Waals surface area contributed by atoms with E-state index in [0.29, 0.717) is 29.3 Å². The molecule has 1 unspecified atom stereocenters. The number of amides is 1. The number of rotatable bonds is 6. The highest BCUT2D eigenvalue weighted by molar-refractivity contribution is 6.33. The lowest BCUT2D eigenvalue weighted by molar-refractivity contribution is -0.123. The third-order valence-electron chi connectivity index (χ3n) is 3.50. The third kappa shape index (κ3) is 5.07. The second kappa shape index (κ2) is 8.68. The minimum absolute atomic E-state index is 0.330. The van der Waals surface area contributed by atoms with E-state index in [-0.39, 0.29) is 5.02 Å². The number of methoxy groups -OCH3 is 2. The van der Waals surface area contributed by atoms with Crippen molar-refractivity contribution in [1.29, 1.82) is 0 Å². The molecule has 0 bridgehead atoms. The van der Waals surface area contributed by atoms with Crippen molar-refractivity contribution in [2.75, 3.05) is 19.5 Å². The maximum Gasteiger partial charge on any atom is 0.340 e. The Kier molecular flexibility index (Phi) is 6.57. The Hall–Kier alpha value is -2.87. The first-order valence-electron chi connectivity index (χ1n) is 7.64. The Morgan fingerprint density at radius 1 is 1.00 bits per heavy atom. The van der Waals surface area contributed by atoms with Gasteiger partial charge in [-0.3, -0.25) is 4.79 Å². The maximum absolute atomic E-state index is 13.3. The number of hydrogen-bond donors (Lipinski definition) is 1. The number of carbonyl (C=O) groups is 2. The maximum atomic E-state index is 13.3. The molecule has 0 aliphatic carbocycles. The molecule has 2 aromatic rings. The number of hydrogen-bond acceptors (Lipinski definition) is 5. The van der Waals surface area contributed by atoms with Gasteiger partial charge in [0.25, 0.3) is 5.91 Å². The first kappa shape index (κ1) is 20.4. The van der Waals surface area contributed by atoms with Crippen LogP contribution in [0.4, 0.5) is 14.5 Å². The van der Waals surface area contributed by atoms with Gasteiger partial charge in [0, 0.05) is 23.9 Å². The molecule has 9 heteroatoms. The zero-order valence-corrected chi connectivity index (χ0v) is 15.4. The third-order valence-corrected chi connectivity index (χ3v) is 3.81. The SMILES string of the molecule is COc1cc(NC(=O)C(C)OC(=O)c2cc(F)c(F)cc2Cl)cc(OC)c1. The van der Waals surface area contributed by atoms with E-state index in [0.717, 1.165) is 0 Å². The lowest BCUT2D eigenvalue weighted by Crippen LogP contribution is -2.30. The number of nitrogens with one attached hydrogen (secondary N) is 1. The summed E-state index contributed by atoms with van der Waals surface area (Å²) in [5, 5.41) is 2.21. The van der Waals surface area contributed by atoms with E-state index in [1.807, 2.05) is 0 Å². The summed E-state index contributed by atoms with van der Waals surface area (Å²) in [6.45, 7) is 1.32. The predicted octanol–water partition coefficient (Wildman–Crippen LogP) is 3.82. The van der Waals surface area contributed by atoms with Crippen molar-refractivity contribution in [3.05, 3.63) is 52.6 Å². The summed E-state index contributed by atoms with van der Waals surface area (Å²) in [5.74, 6) is -3.28. The van der Waals surface area contributed by atoms with E-state index in [4.69, 9.17) is 25.8 Å². The Morgan fingerprint density at radius 3 is 2.11 bits per heavy atom. The van der Waals surface area contributed by atoms with E-state index in [2.05, 4.69) is 5.32 Å². The van der Waals surface area contributed by atoms with E-state index in [1.54, 1.807) is 18.2 Å². The van der Waals surface area contributed by atoms with Crippen LogP contribution in [0.5, 0.6) is 11.5 Å². The van der Waals surface area contributed by atoms with Gasteiger partial charge in [-0.2, -0.15) is 0 Å². The van der Waals surface area contributed by atoms with Gasteiger partial charge in [0.05, 0.1) is 24.8 Å². The first-order valence-corrected chi connectivity index (χ1v) is 8.02. The van der Waals surface area contributed by atoms with Crippen LogP contribution in [0.3, 0.4) is 0 Å². The van der Waals surface area contributed by atoms with Crippen molar-refractivity contribution in [1.82, 2.24) is 0 Å². The molecule has 0 fully saturated rings. The number of ether oxygens (including phenoxy) is 3. The summed E-state index contributed by atoms with van der Waals surface area (Å²) >= 11 is 5.72. The van der Waals surface area contributed by atoms with Gasteiger partial charge in [0.2, 0.25) is 0 Å². The van der Waals surface area contributed by atoms with Crippen molar-refractivity contribution in [2.45, 2.75) is 13.0 Å². The molecule has 0 aliphatic rings. The molecule has 144 valence electrons. The first-order chi connectivity index (χ1) is 12.7. The molecule has 1 N–H and O–H groups in total. The van der Waals surface area contributed by atoms with Gasteiger partial charge in [-0.1, -0.05) is 11.6 Å². The molecule has 2 aromatic carbocycles. The summed E-state index contributed by atoms with van der Waals surface area (Å²) < 4.78 is 41.6. The topological polar surface area (TPSA) is 73.9 Å². The second-order valence-corrected chi connectivity index (χ2v) is 5.79. The second-order valence-electron chi connectivity index (χ2n) is 5.38. The molecule has 0 saturated heterocycles. The largest absolute Gasteiger partial charge is 0.497 e. The van der Waals surface area contributed by atoms with Gasteiger partial charge in [-0.15, -0.1) is 0 Å². The number of benzene rings is 2. The number of carbonyl (C=O) groups excluding carboxylic acids is 2. The summed E-state index contributed by atoms with van der Waals surface area (Å²) in [6, 6.07) is 5.96. The predicted molar refractivity (Wildman–Crippen MR) is 94.4 cm³/mol. The van der Waals surface area contributed by atoms with Crippen molar-refractivity contribution < 1.29 is 32.6 Å². The average molecular weight is 400 g/mol. The molecule has 0 spiro atoms. The van der Waals surface area contributed by atoms with Crippen LogP contribution >= 0.6 is 11.6 Å². The molecule has 0 aliphatic heterocycles. The van der Waals surface area contributed by atoms with E-state index in [9.17, 15) is 18.4 Å². The van der Waals surface area contributed by atoms with Crippen LogP contribution in [-0.4, -0.2) is 32.2 Å². The smallest absolute Gasteiger partial charge is 0.340 e. The van der Waals surface area contributed by atoms with Crippen LogP contribution in [0, 0.1) is 11.6 Å². The highest BCUT2D eigenvalue weighted by Crippen LogP contribution is 2.26. The number of esters is 1. The van der Waals surface area contributed by atoms with Gasteiger partial charge in [-0.25, -0.2) is 13.6 Å². The van der Waals surface area contributed by atoms with Crippen LogP contribution < -0.4 is 14.8 Å².